The highest BCUT2D eigenvalue weighted by Crippen LogP contribution is 2.22. The summed E-state index contributed by atoms with van der Waals surface area (Å²) in [5.74, 6) is 0.0500. The quantitative estimate of drug-likeness (QED) is 0.691. The number of aryl methyl sites for hydroxylation is 1. The van der Waals surface area contributed by atoms with E-state index in [4.69, 9.17) is 4.42 Å². The summed E-state index contributed by atoms with van der Waals surface area (Å²) in [5.41, 5.74) is 1.54. The molecule has 0 spiro atoms. The predicted molar refractivity (Wildman–Crippen MR) is 89.5 cm³/mol. The number of rotatable bonds is 4. The van der Waals surface area contributed by atoms with Gasteiger partial charge < -0.3 is 9.73 Å². The molecule has 0 saturated carbocycles. The Morgan fingerprint density at radius 1 is 1.21 bits per heavy atom. The van der Waals surface area contributed by atoms with Crippen molar-refractivity contribution in [3.8, 4) is 0 Å². The van der Waals surface area contributed by atoms with Crippen molar-refractivity contribution in [2.45, 2.75) is 39.8 Å². The standard InChI is InChI=1S/C18H20N2O4/c1-10(2)6-14-17(22)20(18(23)19-14)9-12-8-16(21)24-15-7-11(3)4-5-13(12)15/h4-5,7-8,10,14H,6,9H2,1-3H3,(H,19,23). The molecule has 1 atom stereocenters. The number of benzene rings is 1. The van der Waals surface area contributed by atoms with E-state index >= 15 is 0 Å². The van der Waals surface area contributed by atoms with Crippen LogP contribution < -0.4 is 10.9 Å². The average Bonchev–Trinajstić information content (AvgIpc) is 2.73. The molecule has 2 aromatic rings. The van der Waals surface area contributed by atoms with E-state index in [1.807, 2.05) is 32.9 Å². The summed E-state index contributed by atoms with van der Waals surface area (Å²) in [6.07, 6.45) is 0.595. The molecule has 0 aliphatic carbocycles. The van der Waals surface area contributed by atoms with E-state index in [0.717, 1.165) is 10.9 Å². The molecular formula is C18H20N2O4. The highest BCUT2D eigenvalue weighted by atomic mass is 16.4. The van der Waals surface area contributed by atoms with E-state index in [1.165, 1.54) is 11.0 Å². The molecule has 0 radical (unpaired) electrons. The summed E-state index contributed by atoms with van der Waals surface area (Å²) in [4.78, 5) is 37.6. The fourth-order valence-electron chi connectivity index (χ4n) is 3.00. The molecule has 1 N–H and O–H groups in total. The van der Waals surface area contributed by atoms with E-state index in [2.05, 4.69) is 5.32 Å². The molecule has 1 unspecified atom stereocenters. The number of urea groups is 1. The highest BCUT2D eigenvalue weighted by molar-refractivity contribution is 6.04. The molecule has 1 aliphatic rings. The molecule has 0 bridgehead atoms. The van der Waals surface area contributed by atoms with Crippen LogP contribution in [-0.2, 0) is 11.3 Å². The maximum atomic E-state index is 12.5. The van der Waals surface area contributed by atoms with E-state index in [1.54, 1.807) is 6.07 Å². The van der Waals surface area contributed by atoms with Gasteiger partial charge in [-0.25, -0.2) is 9.59 Å². The van der Waals surface area contributed by atoms with Crippen molar-refractivity contribution in [1.29, 1.82) is 0 Å². The molecule has 6 heteroatoms. The molecule has 6 nitrogen and oxygen atoms in total. The number of nitrogens with one attached hydrogen (secondary N) is 1. The largest absolute Gasteiger partial charge is 0.423 e. The number of carbonyl (C=O) groups is 2. The molecule has 3 rings (SSSR count). The van der Waals surface area contributed by atoms with Gasteiger partial charge in [0.05, 0.1) is 6.54 Å². The molecule has 3 amide bonds. The molecule has 1 aliphatic heterocycles. The lowest BCUT2D eigenvalue weighted by Gasteiger charge is -2.15. The first-order valence-corrected chi connectivity index (χ1v) is 8.00. The molecule has 24 heavy (non-hydrogen) atoms. The van der Waals surface area contributed by atoms with Gasteiger partial charge in [0.2, 0.25) is 0 Å². The number of fused-ring (bicyclic) bond motifs is 1. The smallest absolute Gasteiger partial charge is 0.336 e. The zero-order valence-corrected chi connectivity index (χ0v) is 14.0. The Balaban J connectivity index is 1.94. The van der Waals surface area contributed by atoms with Gasteiger partial charge in [-0.05, 0) is 36.5 Å². The fraction of sp³-hybridized carbons (Fsp3) is 0.389. The Bertz CT molecular complexity index is 869. The van der Waals surface area contributed by atoms with Crippen LogP contribution in [0.15, 0.2) is 33.5 Å². The van der Waals surface area contributed by atoms with Crippen molar-refractivity contribution in [2.24, 2.45) is 5.92 Å². The number of imide groups is 1. The minimum Gasteiger partial charge on any atom is -0.423 e. The second-order valence-electron chi connectivity index (χ2n) is 6.65. The van der Waals surface area contributed by atoms with Gasteiger partial charge in [0.15, 0.2) is 0 Å². The second-order valence-corrected chi connectivity index (χ2v) is 6.65. The van der Waals surface area contributed by atoms with Crippen LogP contribution >= 0.6 is 0 Å². The fourth-order valence-corrected chi connectivity index (χ4v) is 3.00. The van der Waals surface area contributed by atoms with E-state index in [0.29, 0.717) is 23.5 Å². The second kappa shape index (κ2) is 6.11. The first kappa shape index (κ1) is 16.2. The first-order chi connectivity index (χ1) is 11.3. The minimum atomic E-state index is -0.494. The number of amides is 3. The van der Waals surface area contributed by atoms with Gasteiger partial charge in [-0.2, -0.15) is 0 Å². The van der Waals surface area contributed by atoms with Crippen LogP contribution in [0.2, 0.25) is 0 Å². The number of hydrogen-bond acceptors (Lipinski definition) is 4. The molecule has 126 valence electrons. The third-order valence-electron chi connectivity index (χ3n) is 4.13. The van der Waals surface area contributed by atoms with Gasteiger partial charge in [0.1, 0.15) is 11.6 Å². The van der Waals surface area contributed by atoms with Crippen molar-refractivity contribution < 1.29 is 14.0 Å². The lowest BCUT2D eigenvalue weighted by Crippen LogP contribution is -2.31. The number of carbonyl (C=O) groups excluding carboxylic acids is 2. The van der Waals surface area contributed by atoms with Gasteiger partial charge in [-0.3, -0.25) is 9.69 Å². The topological polar surface area (TPSA) is 79.6 Å². The van der Waals surface area contributed by atoms with Gasteiger partial charge in [0.25, 0.3) is 5.91 Å². The maximum absolute atomic E-state index is 12.5. The summed E-state index contributed by atoms with van der Waals surface area (Å²) < 4.78 is 5.22. The van der Waals surface area contributed by atoms with Crippen LogP contribution in [0.3, 0.4) is 0 Å². The molecule has 1 aromatic carbocycles. The monoisotopic (exact) mass is 328 g/mol. The minimum absolute atomic E-state index is 0.0599. The van der Waals surface area contributed by atoms with Gasteiger partial charge in [-0.15, -0.1) is 0 Å². The summed E-state index contributed by atoms with van der Waals surface area (Å²) in [6.45, 7) is 5.96. The maximum Gasteiger partial charge on any atom is 0.336 e. The summed E-state index contributed by atoms with van der Waals surface area (Å²) >= 11 is 0. The van der Waals surface area contributed by atoms with Crippen LogP contribution in [0, 0.1) is 12.8 Å². The Kier molecular flexibility index (Phi) is 4.13. The molecule has 1 aromatic heterocycles. The van der Waals surface area contributed by atoms with Crippen LogP contribution in [0.25, 0.3) is 11.0 Å². The van der Waals surface area contributed by atoms with Crippen molar-refractivity contribution >= 4 is 22.9 Å². The lowest BCUT2D eigenvalue weighted by atomic mass is 10.0. The van der Waals surface area contributed by atoms with E-state index < -0.39 is 17.7 Å². The van der Waals surface area contributed by atoms with Crippen molar-refractivity contribution in [1.82, 2.24) is 10.2 Å². The lowest BCUT2D eigenvalue weighted by molar-refractivity contribution is -0.128. The zero-order valence-electron chi connectivity index (χ0n) is 14.0. The van der Waals surface area contributed by atoms with Gasteiger partial charge >= 0.3 is 11.7 Å². The normalized spacial score (nSPS) is 17.8. The Labute approximate surface area is 139 Å². The molecule has 1 fully saturated rings. The van der Waals surface area contributed by atoms with Crippen molar-refractivity contribution in [3.63, 3.8) is 0 Å². The Morgan fingerprint density at radius 2 is 1.96 bits per heavy atom. The average molecular weight is 328 g/mol. The molecule has 1 saturated heterocycles. The third-order valence-corrected chi connectivity index (χ3v) is 4.13. The zero-order chi connectivity index (χ0) is 17.4. The van der Waals surface area contributed by atoms with E-state index in [-0.39, 0.29) is 12.5 Å². The number of hydrogen-bond donors (Lipinski definition) is 1. The number of nitrogens with zero attached hydrogens (tertiary/aromatic N) is 1. The summed E-state index contributed by atoms with van der Waals surface area (Å²) in [6, 6.07) is 5.94. The Hall–Kier alpha value is -2.63. The van der Waals surface area contributed by atoms with Crippen LogP contribution in [-0.4, -0.2) is 22.9 Å². The van der Waals surface area contributed by atoms with Crippen molar-refractivity contribution in [3.05, 3.63) is 45.8 Å². The first-order valence-electron chi connectivity index (χ1n) is 8.00. The van der Waals surface area contributed by atoms with Crippen molar-refractivity contribution in [2.75, 3.05) is 0 Å². The third kappa shape index (κ3) is 3.04. The Morgan fingerprint density at radius 3 is 2.67 bits per heavy atom. The van der Waals surface area contributed by atoms with Crippen LogP contribution in [0.1, 0.15) is 31.4 Å². The predicted octanol–water partition coefficient (Wildman–Crippen LogP) is 2.57. The summed E-state index contributed by atoms with van der Waals surface area (Å²) in [5, 5.41) is 3.44. The highest BCUT2D eigenvalue weighted by Gasteiger charge is 2.38. The SMILES string of the molecule is Cc1ccc2c(CN3C(=O)NC(CC(C)C)C3=O)cc(=O)oc2c1. The van der Waals surface area contributed by atoms with Gasteiger partial charge in [0, 0.05) is 11.5 Å². The summed E-state index contributed by atoms with van der Waals surface area (Å²) in [7, 11) is 0. The van der Waals surface area contributed by atoms with Crippen LogP contribution in [0.4, 0.5) is 4.79 Å². The van der Waals surface area contributed by atoms with Crippen LogP contribution in [0.5, 0.6) is 0 Å². The van der Waals surface area contributed by atoms with Gasteiger partial charge in [-0.1, -0.05) is 26.0 Å². The van der Waals surface area contributed by atoms with E-state index in [9.17, 15) is 14.4 Å². The molecular weight excluding hydrogens is 308 g/mol. The molecule has 2 heterocycles.